The van der Waals surface area contributed by atoms with E-state index >= 15 is 0 Å². The summed E-state index contributed by atoms with van der Waals surface area (Å²) in [5.74, 6) is -0.204. The lowest BCUT2D eigenvalue weighted by molar-refractivity contribution is -0.137. The van der Waals surface area contributed by atoms with E-state index in [-0.39, 0.29) is 12.2 Å². The largest absolute Gasteiger partial charge is 0.584 e. The Morgan fingerprint density at radius 3 is 1.80 bits per heavy atom. The predicted molar refractivity (Wildman–Crippen MR) is 174 cm³/mol. The zero-order valence-electron chi connectivity index (χ0n) is 23.8. The van der Waals surface area contributed by atoms with E-state index in [0.717, 1.165) is 51.1 Å². The van der Waals surface area contributed by atoms with Crippen molar-refractivity contribution in [2.24, 2.45) is 0 Å². The first kappa shape index (κ1) is 27.9. The van der Waals surface area contributed by atoms with Crippen molar-refractivity contribution >= 4 is 35.3 Å². The molecular weight excluding hydrogens is 571 g/mol. The van der Waals surface area contributed by atoms with Gasteiger partial charge < -0.3 is 14.2 Å². The minimum Gasteiger partial charge on any atom is -0.481 e. The Kier molecular flexibility index (Phi) is 7.17. The van der Waals surface area contributed by atoms with E-state index < -0.39 is 13.8 Å². The second-order valence-corrected chi connectivity index (χ2v) is 12.3. The van der Waals surface area contributed by atoms with E-state index in [1.165, 1.54) is 0 Å². The van der Waals surface area contributed by atoms with Gasteiger partial charge in [-0.05, 0) is 69.6 Å². The van der Waals surface area contributed by atoms with Crippen molar-refractivity contribution in [1.29, 1.82) is 0 Å². The minimum atomic E-state index is -4.63. The fourth-order valence-electron chi connectivity index (χ4n) is 6.13. The number of hydrogen-bond donors (Lipinski definition) is 2. The molecule has 0 radical (unpaired) electrons. The van der Waals surface area contributed by atoms with E-state index in [9.17, 15) is 14.3 Å². The number of phosphoric ester groups is 1. The molecule has 2 N–H and O–H groups in total. The Balaban J connectivity index is 1.57. The van der Waals surface area contributed by atoms with Crippen LogP contribution in [0.4, 0.5) is 0 Å². The lowest BCUT2D eigenvalue weighted by atomic mass is 9.86. The molecule has 0 amide bonds. The summed E-state index contributed by atoms with van der Waals surface area (Å²) < 4.78 is 25.8. The lowest BCUT2D eigenvalue weighted by Crippen LogP contribution is -2.00. The second-order valence-electron chi connectivity index (χ2n) is 11.0. The highest BCUT2D eigenvalue weighted by molar-refractivity contribution is 7.48. The summed E-state index contributed by atoms with van der Waals surface area (Å²) in [4.78, 5) is 22.2. The van der Waals surface area contributed by atoms with Crippen LogP contribution in [0.1, 0.15) is 24.8 Å². The molecule has 0 saturated carbocycles. The molecule has 218 valence electrons. The number of fused-ring (bicyclic) bond motifs is 7. The first-order valence-electron chi connectivity index (χ1n) is 14.6. The third-order valence-electron chi connectivity index (χ3n) is 8.10. The lowest BCUT2D eigenvalue weighted by Gasteiger charge is -2.19. The fraction of sp³-hybridized carbons (Fsp3) is 0.108. The first-order valence-corrected chi connectivity index (χ1v) is 16.1. The van der Waals surface area contributed by atoms with Crippen molar-refractivity contribution in [1.82, 2.24) is 0 Å². The van der Waals surface area contributed by atoms with Gasteiger partial charge in [0.15, 0.2) is 0 Å². The number of carboxylic acids is 1. The van der Waals surface area contributed by atoms with Gasteiger partial charge in [-0.1, -0.05) is 103 Å². The summed E-state index contributed by atoms with van der Waals surface area (Å²) in [5, 5.41) is 12.7. The number of phosphoric acid groups is 1. The number of rotatable bonds is 7. The maximum Gasteiger partial charge on any atom is 0.584 e. The van der Waals surface area contributed by atoms with Gasteiger partial charge >= 0.3 is 13.8 Å². The molecule has 1 unspecified atom stereocenters. The maximum absolute atomic E-state index is 13.7. The Labute approximate surface area is 254 Å². The third kappa shape index (κ3) is 5.24. The van der Waals surface area contributed by atoms with Gasteiger partial charge in [0, 0.05) is 28.7 Å². The molecule has 0 fully saturated rings. The first-order chi connectivity index (χ1) is 21.4. The van der Waals surface area contributed by atoms with Gasteiger partial charge in [-0.25, -0.2) is 4.57 Å². The highest BCUT2D eigenvalue weighted by atomic mass is 31.2. The van der Waals surface area contributed by atoms with Gasteiger partial charge in [0.25, 0.3) is 0 Å². The van der Waals surface area contributed by atoms with Crippen LogP contribution in [-0.2, 0) is 15.8 Å². The zero-order valence-corrected chi connectivity index (χ0v) is 24.7. The molecule has 0 bridgehead atoms. The van der Waals surface area contributed by atoms with E-state index in [0.29, 0.717) is 34.4 Å². The van der Waals surface area contributed by atoms with Crippen LogP contribution in [0.5, 0.6) is 11.5 Å². The molecule has 6 aromatic rings. The van der Waals surface area contributed by atoms with Gasteiger partial charge in [0.05, 0.1) is 0 Å². The Bertz CT molecular complexity index is 2090. The molecule has 1 atom stereocenters. The SMILES string of the molecule is O=C(O)CCCCc1ccc2c3c(c(-c4ccccc4)cc2c1)OP(=O)(O)Oc1c(-c2ccccc2)cc2ccccc2c1-3. The molecule has 1 heterocycles. The zero-order chi connectivity index (χ0) is 30.3. The van der Waals surface area contributed by atoms with E-state index in [1.54, 1.807) is 0 Å². The van der Waals surface area contributed by atoms with Crippen LogP contribution >= 0.6 is 7.82 Å². The van der Waals surface area contributed by atoms with E-state index in [2.05, 4.69) is 6.07 Å². The van der Waals surface area contributed by atoms with Crippen molar-refractivity contribution in [2.75, 3.05) is 0 Å². The summed E-state index contributed by atoms with van der Waals surface area (Å²) in [5.41, 5.74) is 5.53. The van der Waals surface area contributed by atoms with Gasteiger partial charge in [-0.2, -0.15) is 0 Å². The molecule has 1 aliphatic heterocycles. The number of carboxylic acid groups (broad SMARTS) is 1. The Morgan fingerprint density at radius 1 is 0.636 bits per heavy atom. The standard InChI is InChI=1S/C37H29O6P/c38-33(39)18-10-7-11-24-19-20-30-28(21-24)23-32(26-14-5-2-6-15-26)37-35(30)34-29-17-9-8-16-27(29)22-31(25-12-3-1-4-13-25)36(34)42-44(40,41)43-37/h1-6,8-9,12-17,19-23H,7,10-11,18H2,(H,38,39)(H,40,41). The van der Waals surface area contributed by atoms with Crippen LogP contribution in [0.2, 0.25) is 0 Å². The van der Waals surface area contributed by atoms with Gasteiger partial charge in [0.1, 0.15) is 11.5 Å². The highest BCUT2D eigenvalue weighted by Crippen LogP contribution is 2.61. The Morgan fingerprint density at radius 2 is 1.18 bits per heavy atom. The number of carbonyl (C=O) groups is 1. The minimum absolute atomic E-state index is 0.144. The van der Waals surface area contributed by atoms with Crippen LogP contribution in [0, 0.1) is 0 Å². The topological polar surface area (TPSA) is 93.1 Å². The van der Waals surface area contributed by atoms with Crippen LogP contribution in [0.25, 0.3) is 54.9 Å². The summed E-state index contributed by atoms with van der Waals surface area (Å²) >= 11 is 0. The molecule has 0 saturated heterocycles. The van der Waals surface area contributed by atoms with Crippen molar-refractivity contribution in [3.63, 3.8) is 0 Å². The molecular formula is C37H29O6P. The molecule has 7 rings (SSSR count). The monoisotopic (exact) mass is 600 g/mol. The quantitative estimate of drug-likeness (QED) is 0.140. The van der Waals surface area contributed by atoms with Crippen LogP contribution in [-0.4, -0.2) is 16.0 Å². The average molecular weight is 601 g/mol. The normalized spacial score (nSPS) is 15.6. The van der Waals surface area contributed by atoms with E-state index in [4.69, 9.17) is 14.2 Å². The van der Waals surface area contributed by atoms with Crippen molar-refractivity contribution in [3.05, 3.63) is 121 Å². The molecule has 0 aromatic heterocycles. The number of benzene rings is 6. The van der Waals surface area contributed by atoms with Crippen LogP contribution < -0.4 is 9.05 Å². The predicted octanol–water partition coefficient (Wildman–Crippen LogP) is 9.66. The maximum atomic E-state index is 13.7. The summed E-state index contributed by atoms with van der Waals surface area (Å²) in [6.45, 7) is 0. The third-order valence-corrected chi connectivity index (χ3v) is 8.92. The summed E-state index contributed by atoms with van der Waals surface area (Å²) in [6.07, 6.45) is 2.24. The molecule has 6 aromatic carbocycles. The van der Waals surface area contributed by atoms with Gasteiger partial charge in [-0.15, -0.1) is 0 Å². The van der Waals surface area contributed by atoms with Crippen molar-refractivity contribution in [3.8, 4) is 44.9 Å². The smallest absolute Gasteiger partial charge is 0.481 e. The van der Waals surface area contributed by atoms with Crippen LogP contribution in [0.3, 0.4) is 0 Å². The molecule has 7 heteroatoms. The van der Waals surface area contributed by atoms with Crippen molar-refractivity contribution < 1.29 is 28.4 Å². The van der Waals surface area contributed by atoms with Crippen LogP contribution in [0.15, 0.2) is 115 Å². The van der Waals surface area contributed by atoms with Gasteiger partial charge in [-0.3, -0.25) is 9.69 Å². The number of aliphatic carboxylic acids is 1. The molecule has 0 aliphatic carbocycles. The highest BCUT2D eigenvalue weighted by Gasteiger charge is 2.37. The fourth-order valence-corrected chi connectivity index (χ4v) is 7.00. The number of hydrogen-bond acceptors (Lipinski definition) is 4. The Hall–Kier alpha value is -4.90. The van der Waals surface area contributed by atoms with Crippen molar-refractivity contribution in [2.45, 2.75) is 25.7 Å². The number of aryl methyl sites for hydroxylation is 1. The molecule has 6 nitrogen and oxygen atoms in total. The van der Waals surface area contributed by atoms with E-state index in [1.807, 2.05) is 109 Å². The molecule has 0 spiro atoms. The number of unbranched alkanes of at least 4 members (excludes halogenated alkanes) is 1. The second kappa shape index (κ2) is 11.3. The average Bonchev–Trinajstić information content (AvgIpc) is 3.16. The summed E-state index contributed by atoms with van der Waals surface area (Å²) in [7, 11) is -4.63. The summed E-state index contributed by atoms with van der Waals surface area (Å²) in [6, 6.07) is 37.5. The molecule has 1 aliphatic rings. The van der Waals surface area contributed by atoms with Gasteiger partial charge in [0.2, 0.25) is 0 Å². The molecule has 44 heavy (non-hydrogen) atoms.